The molecule has 0 saturated carbocycles. The van der Waals surface area contributed by atoms with Crippen molar-refractivity contribution in [2.75, 3.05) is 13.4 Å². The van der Waals surface area contributed by atoms with Gasteiger partial charge < -0.3 is 9.15 Å². The predicted molar refractivity (Wildman–Crippen MR) is 121 cm³/mol. The zero-order chi connectivity index (χ0) is 22.0. The SMILES string of the molecule is COc1ccc(-c2nc(Cc3ccccc3)oc2-c2ccc(S(C)(=O)=O)cc2)c(Cl)c1. The van der Waals surface area contributed by atoms with Crippen LogP contribution in [0.2, 0.25) is 5.02 Å². The maximum atomic E-state index is 11.8. The number of halogens is 1. The van der Waals surface area contributed by atoms with Crippen LogP contribution in [0.25, 0.3) is 22.6 Å². The van der Waals surface area contributed by atoms with Gasteiger partial charge in [0.15, 0.2) is 21.5 Å². The van der Waals surface area contributed by atoms with Crippen LogP contribution in [0.1, 0.15) is 11.5 Å². The summed E-state index contributed by atoms with van der Waals surface area (Å²) < 4.78 is 35.0. The first-order valence-electron chi connectivity index (χ1n) is 9.53. The number of methoxy groups -OCH3 is 1. The summed E-state index contributed by atoms with van der Waals surface area (Å²) in [6, 6.07) is 21.8. The quantitative estimate of drug-likeness (QED) is 0.376. The molecule has 1 aromatic heterocycles. The van der Waals surface area contributed by atoms with Crippen molar-refractivity contribution in [1.29, 1.82) is 0 Å². The molecule has 5 nitrogen and oxygen atoms in total. The number of aromatic nitrogens is 1. The average Bonchev–Trinajstić information content (AvgIpc) is 3.17. The van der Waals surface area contributed by atoms with Crippen molar-refractivity contribution >= 4 is 21.4 Å². The molecular formula is C24H20ClNO4S. The molecule has 0 aliphatic rings. The number of ether oxygens (including phenoxy) is 1. The number of hydrogen-bond donors (Lipinski definition) is 0. The summed E-state index contributed by atoms with van der Waals surface area (Å²) in [6.45, 7) is 0. The first-order chi connectivity index (χ1) is 14.8. The zero-order valence-electron chi connectivity index (χ0n) is 17.0. The molecule has 0 radical (unpaired) electrons. The summed E-state index contributed by atoms with van der Waals surface area (Å²) in [5.74, 6) is 1.70. The highest BCUT2D eigenvalue weighted by atomic mass is 35.5. The topological polar surface area (TPSA) is 69.4 Å². The Morgan fingerprint density at radius 1 is 1.00 bits per heavy atom. The Labute approximate surface area is 186 Å². The fourth-order valence-electron chi connectivity index (χ4n) is 3.26. The summed E-state index contributed by atoms with van der Waals surface area (Å²) in [4.78, 5) is 4.97. The van der Waals surface area contributed by atoms with E-state index in [2.05, 4.69) is 0 Å². The van der Waals surface area contributed by atoms with E-state index in [-0.39, 0.29) is 4.90 Å². The number of sulfone groups is 1. The van der Waals surface area contributed by atoms with Gasteiger partial charge in [-0.2, -0.15) is 0 Å². The Kier molecular flexibility index (Phi) is 5.85. The number of benzene rings is 3. The lowest BCUT2D eigenvalue weighted by Gasteiger charge is -2.06. The van der Waals surface area contributed by atoms with Crippen molar-refractivity contribution in [3.63, 3.8) is 0 Å². The number of rotatable bonds is 6. The molecule has 0 N–H and O–H groups in total. The third-order valence-electron chi connectivity index (χ3n) is 4.85. The Morgan fingerprint density at radius 2 is 1.71 bits per heavy atom. The third-order valence-corrected chi connectivity index (χ3v) is 6.29. The lowest BCUT2D eigenvalue weighted by atomic mass is 10.1. The second-order valence-corrected chi connectivity index (χ2v) is 9.51. The molecule has 0 aliphatic heterocycles. The van der Waals surface area contributed by atoms with Gasteiger partial charge in [-0.3, -0.25) is 0 Å². The van der Waals surface area contributed by atoms with Crippen molar-refractivity contribution in [2.24, 2.45) is 0 Å². The number of nitrogens with zero attached hydrogens (tertiary/aromatic N) is 1. The van der Waals surface area contributed by atoms with Crippen molar-refractivity contribution < 1.29 is 17.6 Å². The van der Waals surface area contributed by atoms with Crippen molar-refractivity contribution in [2.45, 2.75) is 11.3 Å². The lowest BCUT2D eigenvalue weighted by Crippen LogP contribution is -1.96. The molecule has 1 heterocycles. The normalized spacial score (nSPS) is 11.5. The van der Waals surface area contributed by atoms with Gasteiger partial charge in [-0.25, -0.2) is 13.4 Å². The van der Waals surface area contributed by atoms with Crippen LogP contribution >= 0.6 is 11.6 Å². The molecule has 3 aromatic carbocycles. The fraction of sp³-hybridized carbons (Fsp3) is 0.125. The average molecular weight is 454 g/mol. The molecule has 31 heavy (non-hydrogen) atoms. The summed E-state index contributed by atoms with van der Waals surface area (Å²) in [5.41, 5.74) is 3.06. The first kappa shape index (κ1) is 21.2. The van der Waals surface area contributed by atoms with Gasteiger partial charge in [-0.05, 0) is 48.0 Å². The second kappa shape index (κ2) is 8.57. The molecule has 7 heteroatoms. The van der Waals surface area contributed by atoms with Crippen molar-refractivity contribution in [3.05, 3.63) is 89.3 Å². The van der Waals surface area contributed by atoms with Crippen LogP contribution in [0, 0.1) is 0 Å². The van der Waals surface area contributed by atoms with Crippen LogP contribution in [-0.2, 0) is 16.3 Å². The van der Waals surface area contributed by atoms with Crippen molar-refractivity contribution in [3.8, 4) is 28.3 Å². The van der Waals surface area contributed by atoms with E-state index in [1.807, 2.05) is 42.5 Å². The van der Waals surface area contributed by atoms with Crippen LogP contribution in [0.15, 0.2) is 82.1 Å². The second-order valence-electron chi connectivity index (χ2n) is 7.09. The van der Waals surface area contributed by atoms with E-state index in [9.17, 15) is 8.42 Å². The predicted octanol–water partition coefficient (Wildman–Crippen LogP) is 5.66. The van der Waals surface area contributed by atoms with E-state index in [0.717, 1.165) is 5.56 Å². The monoisotopic (exact) mass is 453 g/mol. The molecule has 4 aromatic rings. The summed E-state index contributed by atoms with van der Waals surface area (Å²) in [5, 5.41) is 0.480. The summed E-state index contributed by atoms with van der Waals surface area (Å²) in [7, 11) is -1.72. The van der Waals surface area contributed by atoms with Gasteiger partial charge in [0.25, 0.3) is 0 Å². The van der Waals surface area contributed by atoms with E-state index >= 15 is 0 Å². The van der Waals surface area contributed by atoms with Gasteiger partial charge in [0.05, 0.1) is 17.0 Å². The highest BCUT2D eigenvalue weighted by Crippen LogP contribution is 2.38. The first-order valence-corrected chi connectivity index (χ1v) is 11.8. The Hall–Kier alpha value is -3.09. The summed E-state index contributed by atoms with van der Waals surface area (Å²) in [6.07, 6.45) is 1.69. The Balaban J connectivity index is 1.82. The minimum absolute atomic E-state index is 0.240. The van der Waals surface area contributed by atoms with Crippen LogP contribution in [0.4, 0.5) is 0 Å². The lowest BCUT2D eigenvalue weighted by molar-refractivity contribution is 0.415. The van der Waals surface area contributed by atoms with Gasteiger partial charge in [-0.15, -0.1) is 0 Å². The van der Waals surface area contributed by atoms with Crippen LogP contribution < -0.4 is 4.74 Å². The molecule has 0 bridgehead atoms. The third kappa shape index (κ3) is 4.65. The van der Waals surface area contributed by atoms with Crippen LogP contribution in [0.5, 0.6) is 5.75 Å². The molecule has 0 saturated heterocycles. The molecule has 0 atom stereocenters. The van der Waals surface area contributed by atoms with Crippen LogP contribution in [0.3, 0.4) is 0 Å². The van der Waals surface area contributed by atoms with E-state index in [1.165, 1.54) is 6.26 Å². The minimum Gasteiger partial charge on any atom is -0.497 e. The molecule has 0 unspecified atom stereocenters. The number of oxazole rings is 1. The zero-order valence-corrected chi connectivity index (χ0v) is 18.6. The Morgan fingerprint density at radius 3 is 2.32 bits per heavy atom. The molecule has 0 fully saturated rings. The maximum absolute atomic E-state index is 11.8. The molecule has 0 aliphatic carbocycles. The van der Waals surface area contributed by atoms with Crippen molar-refractivity contribution in [1.82, 2.24) is 4.98 Å². The van der Waals surface area contributed by atoms with E-state index in [0.29, 0.717) is 45.7 Å². The standard InChI is InChI=1S/C24H20ClNO4S/c1-29-18-10-13-20(21(25)15-18)23-24(17-8-11-19(12-9-17)31(2,27)28)30-22(26-23)14-16-6-4-3-5-7-16/h3-13,15H,14H2,1-2H3. The highest BCUT2D eigenvalue weighted by molar-refractivity contribution is 7.90. The largest absolute Gasteiger partial charge is 0.497 e. The van der Waals surface area contributed by atoms with Gasteiger partial charge in [0.2, 0.25) is 0 Å². The van der Waals surface area contributed by atoms with E-state index in [1.54, 1.807) is 37.4 Å². The molecule has 0 amide bonds. The smallest absolute Gasteiger partial charge is 0.199 e. The molecule has 0 spiro atoms. The van der Waals surface area contributed by atoms with E-state index in [4.69, 9.17) is 25.7 Å². The fourth-order valence-corrected chi connectivity index (χ4v) is 4.15. The minimum atomic E-state index is -3.30. The van der Waals surface area contributed by atoms with Gasteiger partial charge in [0.1, 0.15) is 11.4 Å². The molecule has 4 rings (SSSR count). The number of hydrogen-bond acceptors (Lipinski definition) is 5. The maximum Gasteiger partial charge on any atom is 0.199 e. The van der Waals surface area contributed by atoms with Crippen LogP contribution in [-0.4, -0.2) is 26.8 Å². The summed E-state index contributed by atoms with van der Waals surface area (Å²) >= 11 is 6.52. The molecule has 158 valence electrons. The van der Waals surface area contributed by atoms with Gasteiger partial charge >= 0.3 is 0 Å². The van der Waals surface area contributed by atoms with E-state index < -0.39 is 9.84 Å². The highest BCUT2D eigenvalue weighted by Gasteiger charge is 2.20. The molecular weight excluding hydrogens is 434 g/mol. The van der Waals surface area contributed by atoms with Gasteiger partial charge in [0, 0.05) is 23.8 Å². The Bertz CT molecular complexity index is 1310. The van der Waals surface area contributed by atoms with Gasteiger partial charge in [-0.1, -0.05) is 41.9 Å².